The summed E-state index contributed by atoms with van der Waals surface area (Å²) in [7, 11) is 0. The molecule has 1 aliphatic rings. The highest BCUT2D eigenvalue weighted by Gasteiger charge is 2.23. The SMILES string of the molecule is N#Cc1c(-c2ccnn2C2CCCCO2)c(F)cc2ccccc12. The first-order valence-corrected chi connectivity index (χ1v) is 8.06. The number of nitrogens with zero attached hydrogens (tertiary/aromatic N) is 3. The number of nitriles is 1. The van der Waals surface area contributed by atoms with Crippen molar-refractivity contribution in [2.24, 2.45) is 0 Å². The van der Waals surface area contributed by atoms with E-state index in [9.17, 15) is 9.65 Å². The largest absolute Gasteiger partial charge is 0.356 e. The Balaban J connectivity index is 1.93. The predicted molar refractivity (Wildman–Crippen MR) is 88.7 cm³/mol. The Morgan fingerprint density at radius 1 is 1.25 bits per heavy atom. The van der Waals surface area contributed by atoms with Crippen LogP contribution in [-0.2, 0) is 4.74 Å². The van der Waals surface area contributed by atoms with Gasteiger partial charge in [-0.1, -0.05) is 24.3 Å². The average Bonchev–Trinajstić information content (AvgIpc) is 3.10. The predicted octanol–water partition coefficient (Wildman–Crippen LogP) is 4.41. The second kappa shape index (κ2) is 6.06. The molecule has 5 heteroatoms. The number of ether oxygens (including phenoxy) is 1. The molecule has 1 atom stereocenters. The summed E-state index contributed by atoms with van der Waals surface area (Å²) >= 11 is 0. The van der Waals surface area contributed by atoms with Gasteiger partial charge in [-0.3, -0.25) is 0 Å². The number of hydrogen-bond donors (Lipinski definition) is 0. The number of aromatic nitrogens is 2. The lowest BCUT2D eigenvalue weighted by atomic mass is 9.97. The summed E-state index contributed by atoms with van der Waals surface area (Å²) in [6.07, 6.45) is 4.34. The van der Waals surface area contributed by atoms with Crippen LogP contribution in [0.4, 0.5) is 4.39 Å². The minimum atomic E-state index is -0.414. The summed E-state index contributed by atoms with van der Waals surface area (Å²) in [5, 5.41) is 15.5. The van der Waals surface area contributed by atoms with Gasteiger partial charge in [0, 0.05) is 18.2 Å². The molecular weight excluding hydrogens is 305 g/mol. The Morgan fingerprint density at radius 2 is 2.12 bits per heavy atom. The van der Waals surface area contributed by atoms with Gasteiger partial charge < -0.3 is 4.74 Å². The molecule has 4 rings (SSSR count). The monoisotopic (exact) mass is 321 g/mol. The molecule has 1 saturated heterocycles. The van der Waals surface area contributed by atoms with Crippen molar-refractivity contribution in [1.82, 2.24) is 9.78 Å². The van der Waals surface area contributed by atoms with Crippen LogP contribution in [0.15, 0.2) is 42.6 Å². The minimum Gasteiger partial charge on any atom is -0.356 e. The van der Waals surface area contributed by atoms with E-state index in [0.29, 0.717) is 23.4 Å². The smallest absolute Gasteiger partial charge is 0.150 e. The maximum Gasteiger partial charge on any atom is 0.150 e. The first-order valence-electron chi connectivity index (χ1n) is 8.06. The highest BCUT2D eigenvalue weighted by molar-refractivity contribution is 5.94. The van der Waals surface area contributed by atoms with Gasteiger partial charge in [0.1, 0.15) is 11.9 Å². The second-order valence-electron chi connectivity index (χ2n) is 5.92. The average molecular weight is 321 g/mol. The maximum absolute atomic E-state index is 14.8. The lowest BCUT2D eigenvalue weighted by Gasteiger charge is -2.25. The molecule has 1 aliphatic heterocycles. The normalized spacial score (nSPS) is 17.8. The molecule has 1 fully saturated rings. The summed E-state index contributed by atoms with van der Waals surface area (Å²) < 4.78 is 22.3. The van der Waals surface area contributed by atoms with Gasteiger partial charge in [0.15, 0.2) is 6.23 Å². The van der Waals surface area contributed by atoms with Crippen LogP contribution in [-0.4, -0.2) is 16.4 Å². The Morgan fingerprint density at radius 3 is 2.92 bits per heavy atom. The van der Waals surface area contributed by atoms with Gasteiger partial charge in [-0.05, 0) is 36.8 Å². The highest BCUT2D eigenvalue weighted by Crippen LogP contribution is 2.35. The van der Waals surface area contributed by atoms with Crippen molar-refractivity contribution in [3.8, 4) is 17.3 Å². The van der Waals surface area contributed by atoms with E-state index in [4.69, 9.17) is 4.74 Å². The molecule has 0 N–H and O–H groups in total. The van der Waals surface area contributed by atoms with Gasteiger partial charge in [0.05, 0.1) is 16.8 Å². The molecule has 0 bridgehead atoms. The molecule has 120 valence electrons. The number of benzene rings is 2. The molecule has 24 heavy (non-hydrogen) atoms. The number of rotatable bonds is 2. The van der Waals surface area contributed by atoms with Crippen LogP contribution in [0.2, 0.25) is 0 Å². The molecule has 0 spiro atoms. The van der Waals surface area contributed by atoms with Gasteiger partial charge >= 0.3 is 0 Å². The Hall–Kier alpha value is -2.71. The lowest BCUT2D eigenvalue weighted by molar-refractivity contribution is -0.0383. The van der Waals surface area contributed by atoms with Crippen LogP contribution in [0, 0.1) is 17.1 Å². The summed E-state index contributed by atoms with van der Waals surface area (Å²) in [4.78, 5) is 0. The van der Waals surface area contributed by atoms with Crippen molar-refractivity contribution in [3.05, 3.63) is 54.0 Å². The van der Waals surface area contributed by atoms with Crippen molar-refractivity contribution < 1.29 is 9.13 Å². The van der Waals surface area contributed by atoms with Crippen LogP contribution >= 0.6 is 0 Å². The molecule has 4 nitrogen and oxygen atoms in total. The van der Waals surface area contributed by atoms with Crippen LogP contribution < -0.4 is 0 Å². The standard InChI is InChI=1S/C19H16FN3O/c20-16-11-13-5-1-2-6-14(13)15(12-21)19(16)17-8-9-22-23(17)18-7-3-4-10-24-18/h1-2,5-6,8-9,11,18H,3-4,7,10H2. The van der Waals surface area contributed by atoms with Crippen molar-refractivity contribution >= 4 is 10.8 Å². The van der Waals surface area contributed by atoms with Gasteiger partial charge in [-0.15, -0.1) is 0 Å². The van der Waals surface area contributed by atoms with Crippen LogP contribution in [0.1, 0.15) is 31.1 Å². The fourth-order valence-corrected chi connectivity index (χ4v) is 3.34. The van der Waals surface area contributed by atoms with Crippen LogP contribution in [0.3, 0.4) is 0 Å². The fraction of sp³-hybridized carbons (Fsp3) is 0.263. The third-order valence-corrected chi connectivity index (χ3v) is 4.47. The second-order valence-corrected chi connectivity index (χ2v) is 5.92. The number of hydrogen-bond acceptors (Lipinski definition) is 3. The van der Waals surface area contributed by atoms with E-state index in [1.165, 1.54) is 6.07 Å². The quantitative estimate of drug-likeness (QED) is 0.702. The van der Waals surface area contributed by atoms with Gasteiger partial charge in [0.25, 0.3) is 0 Å². The van der Waals surface area contributed by atoms with Crippen molar-refractivity contribution in [1.29, 1.82) is 5.26 Å². The zero-order chi connectivity index (χ0) is 16.5. The van der Waals surface area contributed by atoms with Gasteiger partial charge in [-0.2, -0.15) is 10.4 Å². The van der Waals surface area contributed by atoms with E-state index in [2.05, 4.69) is 11.2 Å². The molecule has 1 aromatic heterocycles. The van der Waals surface area contributed by atoms with E-state index >= 15 is 0 Å². The van der Waals surface area contributed by atoms with Crippen molar-refractivity contribution in [2.45, 2.75) is 25.5 Å². The van der Waals surface area contributed by atoms with Crippen molar-refractivity contribution in [3.63, 3.8) is 0 Å². The topological polar surface area (TPSA) is 50.8 Å². The molecule has 2 heterocycles. The molecule has 0 saturated carbocycles. The first kappa shape index (κ1) is 14.9. The number of halogens is 1. The minimum absolute atomic E-state index is 0.207. The van der Waals surface area contributed by atoms with Crippen LogP contribution in [0.5, 0.6) is 0 Å². The van der Waals surface area contributed by atoms with Crippen LogP contribution in [0.25, 0.3) is 22.0 Å². The van der Waals surface area contributed by atoms with E-state index < -0.39 is 5.82 Å². The van der Waals surface area contributed by atoms with Crippen molar-refractivity contribution in [2.75, 3.05) is 6.61 Å². The summed E-state index contributed by atoms with van der Waals surface area (Å²) in [5.41, 5.74) is 1.22. The summed E-state index contributed by atoms with van der Waals surface area (Å²) in [5.74, 6) is -0.414. The Labute approximate surface area is 139 Å². The maximum atomic E-state index is 14.8. The third-order valence-electron chi connectivity index (χ3n) is 4.47. The molecule has 2 aromatic carbocycles. The fourth-order valence-electron chi connectivity index (χ4n) is 3.34. The van der Waals surface area contributed by atoms with Gasteiger partial charge in [0.2, 0.25) is 0 Å². The Bertz CT molecular complexity index is 935. The third kappa shape index (κ3) is 2.36. The highest BCUT2D eigenvalue weighted by atomic mass is 19.1. The molecule has 1 unspecified atom stereocenters. The molecule has 0 radical (unpaired) electrons. The van der Waals surface area contributed by atoms with E-state index in [1.807, 2.05) is 24.3 Å². The Kier molecular flexibility index (Phi) is 3.75. The van der Waals surface area contributed by atoms with Gasteiger partial charge in [-0.25, -0.2) is 9.07 Å². The zero-order valence-corrected chi connectivity index (χ0v) is 13.1. The lowest BCUT2D eigenvalue weighted by Crippen LogP contribution is -2.20. The molecular formula is C19H16FN3O. The van der Waals surface area contributed by atoms with E-state index in [0.717, 1.165) is 30.0 Å². The first-order chi connectivity index (χ1) is 11.8. The molecule has 0 aliphatic carbocycles. The number of fused-ring (bicyclic) bond motifs is 1. The summed E-state index contributed by atoms with van der Waals surface area (Å²) in [6.45, 7) is 0.676. The van der Waals surface area contributed by atoms with E-state index in [-0.39, 0.29) is 6.23 Å². The molecule has 3 aromatic rings. The molecule has 0 amide bonds. The summed E-state index contributed by atoms with van der Waals surface area (Å²) in [6, 6.07) is 12.7. The zero-order valence-electron chi connectivity index (χ0n) is 13.1. The van der Waals surface area contributed by atoms with E-state index in [1.54, 1.807) is 16.9 Å².